The van der Waals surface area contributed by atoms with Crippen LogP contribution in [0.5, 0.6) is 0 Å². The van der Waals surface area contributed by atoms with Crippen molar-refractivity contribution >= 4 is 5.69 Å². The van der Waals surface area contributed by atoms with Gasteiger partial charge in [0.25, 0.3) is 0 Å². The van der Waals surface area contributed by atoms with Crippen molar-refractivity contribution in [2.24, 2.45) is 5.73 Å². The number of hydrogen-bond acceptors (Lipinski definition) is 3. The van der Waals surface area contributed by atoms with E-state index in [0.29, 0.717) is 6.04 Å². The Kier molecular flexibility index (Phi) is 4.22. The number of piperazine rings is 1. The van der Waals surface area contributed by atoms with Crippen molar-refractivity contribution in [3.8, 4) is 0 Å². The molecule has 3 rings (SSSR count). The maximum absolute atomic E-state index is 13.0. The molecule has 0 amide bonds. The monoisotopic (exact) mass is 277 g/mol. The molecule has 110 valence electrons. The fraction of sp³-hybridized carbons (Fsp3) is 0.625. The SMILES string of the molecule is NC1CCC(N2CCN(c3ccc(F)cc3)CC2)CC1. The Morgan fingerprint density at radius 1 is 0.900 bits per heavy atom. The standard InChI is InChI=1S/C16H24FN3/c17-13-1-5-15(6-2-13)19-9-11-20(12-10-19)16-7-3-14(18)4-8-16/h1-2,5-6,14,16H,3-4,7-12,18H2. The number of nitrogens with zero attached hydrogens (tertiary/aromatic N) is 2. The molecule has 0 spiro atoms. The summed E-state index contributed by atoms with van der Waals surface area (Å²) < 4.78 is 13.0. The van der Waals surface area contributed by atoms with Gasteiger partial charge >= 0.3 is 0 Å². The number of benzene rings is 1. The first-order valence-corrected chi connectivity index (χ1v) is 7.72. The van der Waals surface area contributed by atoms with Gasteiger partial charge in [0.05, 0.1) is 0 Å². The minimum absolute atomic E-state index is 0.161. The second-order valence-corrected chi connectivity index (χ2v) is 6.07. The summed E-state index contributed by atoms with van der Waals surface area (Å²) in [5.41, 5.74) is 7.12. The molecule has 0 radical (unpaired) electrons. The highest BCUT2D eigenvalue weighted by atomic mass is 19.1. The molecule has 1 aromatic carbocycles. The molecule has 20 heavy (non-hydrogen) atoms. The quantitative estimate of drug-likeness (QED) is 0.899. The van der Waals surface area contributed by atoms with Crippen LogP contribution in [-0.4, -0.2) is 43.2 Å². The summed E-state index contributed by atoms with van der Waals surface area (Å²) in [6.45, 7) is 4.29. The maximum atomic E-state index is 13.0. The van der Waals surface area contributed by atoms with Crippen molar-refractivity contribution in [2.75, 3.05) is 31.1 Å². The lowest BCUT2D eigenvalue weighted by Crippen LogP contribution is -2.51. The van der Waals surface area contributed by atoms with Crippen LogP contribution < -0.4 is 10.6 Å². The van der Waals surface area contributed by atoms with E-state index in [9.17, 15) is 4.39 Å². The van der Waals surface area contributed by atoms with E-state index in [0.717, 1.165) is 37.9 Å². The Labute approximate surface area is 120 Å². The normalized spacial score (nSPS) is 28.6. The zero-order valence-corrected chi connectivity index (χ0v) is 12.0. The van der Waals surface area contributed by atoms with Gasteiger partial charge in [-0.3, -0.25) is 4.90 Å². The number of nitrogens with two attached hydrogens (primary N) is 1. The van der Waals surface area contributed by atoms with Crippen LogP contribution in [0, 0.1) is 5.82 Å². The fourth-order valence-corrected chi connectivity index (χ4v) is 3.46. The molecular weight excluding hydrogens is 253 g/mol. The average Bonchev–Trinajstić information content (AvgIpc) is 2.49. The molecule has 0 aromatic heterocycles. The van der Waals surface area contributed by atoms with E-state index in [1.165, 1.54) is 25.7 Å². The Bertz CT molecular complexity index is 418. The average molecular weight is 277 g/mol. The molecule has 1 aromatic rings. The predicted octanol–water partition coefficient (Wildman–Crippen LogP) is 2.22. The fourth-order valence-electron chi connectivity index (χ4n) is 3.46. The van der Waals surface area contributed by atoms with Gasteiger partial charge in [-0.25, -0.2) is 4.39 Å². The van der Waals surface area contributed by atoms with E-state index in [-0.39, 0.29) is 5.82 Å². The zero-order valence-electron chi connectivity index (χ0n) is 12.0. The zero-order chi connectivity index (χ0) is 13.9. The van der Waals surface area contributed by atoms with Gasteiger partial charge in [-0.2, -0.15) is 0 Å². The molecule has 4 heteroatoms. The summed E-state index contributed by atoms with van der Waals surface area (Å²) in [6.07, 6.45) is 4.83. The van der Waals surface area contributed by atoms with Crippen LogP contribution in [0.25, 0.3) is 0 Å². The summed E-state index contributed by atoms with van der Waals surface area (Å²) in [5.74, 6) is -0.161. The molecule has 2 aliphatic rings. The van der Waals surface area contributed by atoms with Crippen molar-refractivity contribution in [1.29, 1.82) is 0 Å². The summed E-state index contributed by atoms with van der Waals surface area (Å²) in [6, 6.07) is 8.00. The highest BCUT2D eigenvalue weighted by molar-refractivity contribution is 5.46. The van der Waals surface area contributed by atoms with E-state index in [1.807, 2.05) is 12.1 Å². The van der Waals surface area contributed by atoms with Gasteiger partial charge in [0.15, 0.2) is 0 Å². The van der Waals surface area contributed by atoms with Gasteiger partial charge in [0, 0.05) is 44.0 Å². The first-order valence-electron chi connectivity index (χ1n) is 7.72. The van der Waals surface area contributed by atoms with E-state index >= 15 is 0 Å². The Hall–Kier alpha value is -1.13. The summed E-state index contributed by atoms with van der Waals surface area (Å²) in [4.78, 5) is 4.97. The molecule has 3 nitrogen and oxygen atoms in total. The minimum atomic E-state index is -0.161. The lowest BCUT2D eigenvalue weighted by Gasteiger charge is -2.42. The van der Waals surface area contributed by atoms with Crippen LogP contribution in [0.2, 0.25) is 0 Å². The molecule has 1 aliphatic carbocycles. The van der Waals surface area contributed by atoms with Crippen molar-refractivity contribution in [3.63, 3.8) is 0 Å². The molecule has 1 saturated carbocycles. The molecule has 1 heterocycles. The van der Waals surface area contributed by atoms with E-state index < -0.39 is 0 Å². The number of hydrogen-bond donors (Lipinski definition) is 1. The molecule has 0 bridgehead atoms. The van der Waals surface area contributed by atoms with Gasteiger partial charge in [0.1, 0.15) is 5.82 Å². The van der Waals surface area contributed by atoms with E-state index in [2.05, 4.69) is 9.80 Å². The Balaban J connectivity index is 1.53. The first-order chi connectivity index (χ1) is 9.72. The van der Waals surface area contributed by atoms with Crippen LogP contribution >= 0.6 is 0 Å². The first kappa shape index (κ1) is 13.8. The van der Waals surface area contributed by atoms with Crippen molar-refractivity contribution < 1.29 is 4.39 Å². The molecule has 1 aliphatic heterocycles. The highest BCUT2D eigenvalue weighted by Gasteiger charge is 2.27. The van der Waals surface area contributed by atoms with Gasteiger partial charge in [-0.1, -0.05) is 0 Å². The maximum Gasteiger partial charge on any atom is 0.123 e. The van der Waals surface area contributed by atoms with Crippen LogP contribution in [0.1, 0.15) is 25.7 Å². The van der Waals surface area contributed by atoms with Gasteiger partial charge in [-0.05, 0) is 49.9 Å². The second-order valence-electron chi connectivity index (χ2n) is 6.07. The van der Waals surface area contributed by atoms with Gasteiger partial charge < -0.3 is 10.6 Å². The molecular formula is C16H24FN3. The molecule has 0 unspecified atom stereocenters. The van der Waals surface area contributed by atoms with E-state index in [4.69, 9.17) is 5.73 Å². The lowest BCUT2D eigenvalue weighted by molar-refractivity contribution is 0.142. The highest BCUT2D eigenvalue weighted by Crippen LogP contribution is 2.24. The largest absolute Gasteiger partial charge is 0.369 e. The topological polar surface area (TPSA) is 32.5 Å². The molecule has 2 fully saturated rings. The van der Waals surface area contributed by atoms with E-state index in [1.54, 1.807) is 12.1 Å². The van der Waals surface area contributed by atoms with Crippen LogP contribution in [0.4, 0.5) is 10.1 Å². The van der Waals surface area contributed by atoms with Crippen LogP contribution in [0.3, 0.4) is 0 Å². The molecule has 0 atom stereocenters. The summed E-state index contributed by atoms with van der Waals surface area (Å²) in [7, 11) is 0. The lowest BCUT2D eigenvalue weighted by atomic mass is 9.90. The number of anilines is 1. The molecule has 2 N–H and O–H groups in total. The third-order valence-corrected chi connectivity index (χ3v) is 4.76. The van der Waals surface area contributed by atoms with Crippen molar-refractivity contribution in [2.45, 2.75) is 37.8 Å². The van der Waals surface area contributed by atoms with Crippen molar-refractivity contribution in [1.82, 2.24) is 4.90 Å². The molecule has 1 saturated heterocycles. The summed E-state index contributed by atoms with van der Waals surface area (Å²) >= 11 is 0. The third-order valence-electron chi connectivity index (χ3n) is 4.76. The van der Waals surface area contributed by atoms with Gasteiger partial charge in [-0.15, -0.1) is 0 Å². The van der Waals surface area contributed by atoms with Crippen LogP contribution in [-0.2, 0) is 0 Å². The minimum Gasteiger partial charge on any atom is -0.369 e. The third kappa shape index (κ3) is 3.13. The predicted molar refractivity (Wildman–Crippen MR) is 80.4 cm³/mol. The van der Waals surface area contributed by atoms with Gasteiger partial charge in [0.2, 0.25) is 0 Å². The number of rotatable bonds is 2. The van der Waals surface area contributed by atoms with Crippen molar-refractivity contribution in [3.05, 3.63) is 30.1 Å². The number of halogens is 1. The Morgan fingerprint density at radius 3 is 2.10 bits per heavy atom. The Morgan fingerprint density at radius 2 is 1.50 bits per heavy atom. The smallest absolute Gasteiger partial charge is 0.123 e. The summed E-state index contributed by atoms with van der Waals surface area (Å²) in [5, 5.41) is 0. The second kappa shape index (κ2) is 6.10. The van der Waals surface area contributed by atoms with Crippen LogP contribution in [0.15, 0.2) is 24.3 Å².